The number of hydrazone groups is 1. The first kappa shape index (κ1) is 18.4. The Labute approximate surface area is 158 Å². The van der Waals surface area contributed by atoms with Crippen molar-refractivity contribution in [2.45, 2.75) is 39.0 Å². The quantitative estimate of drug-likeness (QED) is 0.268. The number of aromatic nitrogens is 1. The predicted octanol–water partition coefficient (Wildman–Crippen LogP) is 6.09. The van der Waals surface area contributed by atoms with E-state index < -0.39 is 0 Å². The van der Waals surface area contributed by atoms with Crippen LogP contribution in [-0.4, -0.2) is 17.8 Å². The molecule has 4 nitrogen and oxygen atoms in total. The average Bonchev–Trinajstić information content (AvgIpc) is 3.08. The third-order valence-corrected chi connectivity index (χ3v) is 5.02. The van der Waals surface area contributed by atoms with E-state index in [-0.39, 0.29) is 0 Å². The Morgan fingerprint density at radius 1 is 1.04 bits per heavy atom. The highest BCUT2D eigenvalue weighted by Crippen LogP contribution is 2.25. The van der Waals surface area contributed by atoms with Crippen molar-refractivity contribution >= 4 is 32.9 Å². The monoisotopic (exact) mass is 367 g/mol. The van der Waals surface area contributed by atoms with Crippen LogP contribution in [0.15, 0.2) is 53.6 Å². The SMILES string of the molecule is CCCCCCCOc1ccccc1/C=N/Nc1nc2ccccc2s1. The Morgan fingerprint density at radius 2 is 1.85 bits per heavy atom. The molecule has 0 aliphatic heterocycles. The minimum absolute atomic E-state index is 0.750. The molecule has 0 unspecified atom stereocenters. The van der Waals surface area contributed by atoms with E-state index in [4.69, 9.17) is 4.74 Å². The van der Waals surface area contributed by atoms with Gasteiger partial charge in [0.05, 0.1) is 23.0 Å². The van der Waals surface area contributed by atoms with E-state index in [1.807, 2.05) is 42.5 Å². The standard InChI is InChI=1S/C21H25N3OS/c1-2-3-4-5-10-15-25-19-13-8-6-11-17(19)16-22-24-21-23-18-12-7-9-14-20(18)26-21/h6-9,11-14,16H,2-5,10,15H2,1H3,(H,23,24)/b22-16+. The van der Waals surface area contributed by atoms with Crippen molar-refractivity contribution in [2.24, 2.45) is 5.10 Å². The highest BCUT2D eigenvalue weighted by Gasteiger charge is 2.03. The lowest BCUT2D eigenvalue weighted by molar-refractivity contribution is 0.304. The first-order valence-corrected chi connectivity index (χ1v) is 10.0. The number of fused-ring (bicyclic) bond motifs is 1. The van der Waals surface area contributed by atoms with Crippen LogP contribution in [0.5, 0.6) is 5.75 Å². The average molecular weight is 368 g/mol. The van der Waals surface area contributed by atoms with Crippen LogP contribution < -0.4 is 10.2 Å². The largest absolute Gasteiger partial charge is 0.493 e. The lowest BCUT2D eigenvalue weighted by Crippen LogP contribution is -2.00. The molecule has 1 N–H and O–H groups in total. The third kappa shape index (κ3) is 5.30. The second kappa shape index (κ2) is 9.92. The van der Waals surface area contributed by atoms with Crippen molar-refractivity contribution in [3.05, 3.63) is 54.1 Å². The van der Waals surface area contributed by atoms with Crippen LogP contribution in [0.1, 0.15) is 44.6 Å². The van der Waals surface area contributed by atoms with Gasteiger partial charge in [-0.15, -0.1) is 0 Å². The van der Waals surface area contributed by atoms with Gasteiger partial charge in [-0.3, -0.25) is 5.43 Å². The second-order valence-electron chi connectivity index (χ2n) is 6.16. The summed E-state index contributed by atoms with van der Waals surface area (Å²) in [5.41, 5.74) is 4.98. The van der Waals surface area contributed by atoms with Crippen LogP contribution in [0.25, 0.3) is 10.2 Å². The third-order valence-electron chi connectivity index (χ3n) is 4.08. The summed E-state index contributed by atoms with van der Waals surface area (Å²) in [5, 5.41) is 5.12. The zero-order valence-corrected chi connectivity index (χ0v) is 16.0. The topological polar surface area (TPSA) is 46.5 Å². The summed E-state index contributed by atoms with van der Waals surface area (Å²) in [6, 6.07) is 16.1. The van der Waals surface area contributed by atoms with Crippen LogP contribution in [0, 0.1) is 0 Å². The van der Waals surface area contributed by atoms with Crippen molar-refractivity contribution < 1.29 is 4.74 Å². The number of benzene rings is 2. The number of thiazole rings is 1. The van der Waals surface area contributed by atoms with Gasteiger partial charge in [-0.1, -0.05) is 68.2 Å². The number of unbranched alkanes of at least 4 members (excludes halogenated alkanes) is 4. The molecule has 0 aliphatic carbocycles. The Kier molecular flexibility index (Phi) is 7.02. The van der Waals surface area contributed by atoms with Crippen molar-refractivity contribution in [3.63, 3.8) is 0 Å². The highest BCUT2D eigenvalue weighted by atomic mass is 32.1. The molecule has 2 aromatic carbocycles. The normalized spacial score (nSPS) is 11.3. The van der Waals surface area contributed by atoms with Crippen molar-refractivity contribution in [2.75, 3.05) is 12.0 Å². The minimum Gasteiger partial charge on any atom is -0.493 e. The van der Waals surface area contributed by atoms with Crippen molar-refractivity contribution in [1.82, 2.24) is 4.98 Å². The molecule has 3 rings (SSSR count). The molecule has 0 bridgehead atoms. The van der Waals surface area contributed by atoms with Crippen LogP contribution in [0.2, 0.25) is 0 Å². The Bertz CT molecular complexity index is 811. The van der Waals surface area contributed by atoms with Gasteiger partial charge in [0.2, 0.25) is 5.13 Å². The lowest BCUT2D eigenvalue weighted by Gasteiger charge is -2.08. The lowest BCUT2D eigenvalue weighted by atomic mass is 10.2. The molecule has 26 heavy (non-hydrogen) atoms. The molecular weight excluding hydrogens is 342 g/mol. The maximum Gasteiger partial charge on any atom is 0.204 e. The van der Waals surface area contributed by atoms with E-state index in [1.54, 1.807) is 17.6 Å². The summed E-state index contributed by atoms with van der Waals surface area (Å²) in [7, 11) is 0. The molecule has 0 saturated heterocycles. The fourth-order valence-corrected chi connectivity index (χ4v) is 3.50. The fraction of sp³-hybridized carbons (Fsp3) is 0.333. The number of nitrogens with zero attached hydrogens (tertiary/aromatic N) is 2. The smallest absolute Gasteiger partial charge is 0.204 e. The van der Waals surface area contributed by atoms with E-state index in [1.165, 1.54) is 25.7 Å². The molecule has 0 spiro atoms. The minimum atomic E-state index is 0.750. The molecule has 0 aliphatic rings. The van der Waals surface area contributed by atoms with Crippen LogP contribution in [-0.2, 0) is 0 Å². The van der Waals surface area contributed by atoms with E-state index in [0.29, 0.717) is 0 Å². The molecule has 136 valence electrons. The Hall–Kier alpha value is -2.40. The summed E-state index contributed by atoms with van der Waals surface area (Å²) >= 11 is 1.59. The molecule has 1 heterocycles. The number of rotatable bonds is 10. The molecule has 0 atom stereocenters. The highest BCUT2D eigenvalue weighted by molar-refractivity contribution is 7.22. The molecule has 0 fully saturated rings. The molecule has 5 heteroatoms. The van der Waals surface area contributed by atoms with Crippen LogP contribution >= 0.6 is 11.3 Å². The van der Waals surface area contributed by atoms with E-state index in [0.717, 1.165) is 39.7 Å². The van der Waals surface area contributed by atoms with Gasteiger partial charge in [-0.25, -0.2) is 4.98 Å². The van der Waals surface area contributed by atoms with Crippen LogP contribution in [0.4, 0.5) is 5.13 Å². The maximum absolute atomic E-state index is 5.94. The van der Waals surface area contributed by atoms with Gasteiger partial charge < -0.3 is 4.74 Å². The van der Waals surface area contributed by atoms with Gasteiger partial charge in [0, 0.05) is 5.56 Å². The first-order valence-electron chi connectivity index (χ1n) is 9.23. The molecule has 3 aromatic rings. The molecule has 0 radical (unpaired) electrons. The van der Waals surface area contributed by atoms with E-state index in [2.05, 4.69) is 28.5 Å². The van der Waals surface area contributed by atoms with Crippen molar-refractivity contribution in [1.29, 1.82) is 0 Å². The second-order valence-corrected chi connectivity index (χ2v) is 7.19. The summed E-state index contributed by atoms with van der Waals surface area (Å²) in [5.74, 6) is 0.873. The molecular formula is C21H25N3OS. The number of hydrogen-bond donors (Lipinski definition) is 1. The molecule has 0 saturated carbocycles. The number of para-hydroxylation sites is 2. The zero-order chi connectivity index (χ0) is 18.0. The first-order chi connectivity index (χ1) is 12.9. The van der Waals surface area contributed by atoms with Gasteiger partial charge in [-0.05, 0) is 30.7 Å². The van der Waals surface area contributed by atoms with Gasteiger partial charge in [0.15, 0.2) is 0 Å². The summed E-state index contributed by atoms with van der Waals surface area (Å²) < 4.78 is 7.09. The fourth-order valence-electron chi connectivity index (χ4n) is 2.68. The van der Waals surface area contributed by atoms with Gasteiger partial charge in [0.25, 0.3) is 0 Å². The maximum atomic E-state index is 5.94. The molecule has 1 aromatic heterocycles. The number of hydrogen-bond acceptors (Lipinski definition) is 5. The molecule has 0 amide bonds. The van der Waals surface area contributed by atoms with Crippen molar-refractivity contribution in [3.8, 4) is 5.75 Å². The Balaban J connectivity index is 1.54. The number of anilines is 1. The summed E-state index contributed by atoms with van der Waals surface area (Å²) in [6.07, 6.45) is 7.97. The summed E-state index contributed by atoms with van der Waals surface area (Å²) in [6.45, 7) is 2.98. The van der Waals surface area contributed by atoms with Gasteiger partial charge in [0.1, 0.15) is 5.75 Å². The van der Waals surface area contributed by atoms with E-state index in [9.17, 15) is 0 Å². The van der Waals surface area contributed by atoms with Crippen LogP contribution in [0.3, 0.4) is 0 Å². The number of ether oxygens (including phenoxy) is 1. The van der Waals surface area contributed by atoms with Gasteiger partial charge in [-0.2, -0.15) is 5.10 Å². The van der Waals surface area contributed by atoms with E-state index >= 15 is 0 Å². The summed E-state index contributed by atoms with van der Waals surface area (Å²) in [4.78, 5) is 4.51. The zero-order valence-electron chi connectivity index (χ0n) is 15.1. The Morgan fingerprint density at radius 3 is 2.73 bits per heavy atom. The van der Waals surface area contributed by atoms with Gasteiger partial charge >= 0.3 is 0 Å². The predicted molar refractivity (Wildman–Crippen MR) is 112 cm³/mol. The number of nitrogens with one attached hydrogen (secondary N) is 1.